The van der Waals surface area contributed by atoms with Crippen LogP contribution >= 0.6 is 39.1 Å². The fourth-order valence-corrected chi connectivity index (χ4v) is 4.02. The topological polar surface area (TPSA) is 29.4 Å². The van der Waals surface area contributed by atoms with Crippen LogP contribution in [-0.4, -0.2) is 0 Å². The van der Waals surface area contributed by atoms with Crippen LogP contribution < -0.4 is 0 Å². The van der Waals surface area contributed by atoms with E-state index < -0.39 is 6.04 Å². The lowest BCUT2D eigenvalue weighted by Gasteiger charge is -2.23. The van der Waals surface area contributed by atoms with Gasteiger partial charge in [0, 0.05) is 26.0 Å². The average molecular weight is 463 g/mol. The first-order chi connectivity index (χ1) is 13.0. The van der Waals surface area contributed by atoms with E-state index in [0.717, 1.165) is 10.0 Å². The number of halogens is 3. The van der Waals surface area contributed by atoms with E-state index in [-0.39, 0.29) is 5.92 Å². The van der Waals surface area contributed by atoms with Crippen LogP contribution in [0.4, 0.5) is 0 Å². The van der Waals surface area contributed by atoms with Crippen molar-refractivity contribution in [1.82, 2.24) is 0 Å². The zero-order chi connectivity index (χ0) is 19.4. The fourth-order valence-electron chi connectivity index (χ4n) is 3.34. The predicted octanol–water partition coefficient (Wildman–Crippen LogP) is 8.09. The Morgan fingerprint density at radius 3 is 2.33 bits per heavy atom. The maximum absolute atomic E-state index is 11.7. The summed E-state index contributed by atoms with van der Waals surface area (Å²) in [6, 6.07) is 20.9. The maximum Gasteiger partial charge on any atom is 0.119 e. The van der Waals surface area contributed by atoms with E-state index in [1.54, 1.807) is 18.2 Å². The molecule has 3 aromatic carbocycles. The van der Waals surface area contributed by atoms with Crippen molar-refractivity contribution in [2.45, 2.75) is 25.3 Å². The summed E-state index contributed by atoms with van der Waals surface area (Å²) in [4.78, 5) is 11.7. The SMILES string of the molecule is Cc1ccccc1[C@H](CC(N=O)c1cc(Cl)ccc1Cl)c1ccc(Br)cc1. The van der Waals surface area contributed by atoms with E-state index in [1.165, 1.54) is 11.1 Å². The molecule has 0 aromatic heterocycles. The largest absolute Gasteiger partial charge is 0.150 e. The molecular formula is C22H18BrCl2NO. The number of aryl methyl sites for hydroxylation is 1. The van der Waals surface area contributed by atoms with Gasteiger partial charge in [0.25, 0.3) is 0 Å². The molecule has 0 saturated heterocycles. The summed E-state index contributed by atoms with van der Waals surface area (Å²) in [5.41, 5.74) is 4.13. The molecule has 0 fully saturated rings. The smallest absolute Gasteiger partial charge is 0.119 e. The van der Waals surface area contributed by atoms with Gasteiger partial charge >= 0.3 is 0 Å². The summed E-state index contributed by atoms with van der Waals surface area (Å²) in [5, 5.41) is 4.44. The molecule has 0 radical (unpaired) electrons. The third kappa shape index (κ3) is 4.78. The second-order valence-corrected chi connectivity index (χ2v) is 8.24. The van der Waals surface area contributed by atoms with Gasteiger partial charge in [0.05, 0.1) is 0 Å². The third-order valence-electron chi connectivity index (χ3n) is 4.74. The van der Waals surface area contributed by atoms with E-state index in [0.29, 0.717) is 22.0 Å². The van der Waals surface area contributed by atoms with Gasteiger partial charge in [-0.25, -0.2) is 0 Å². The van der Waals surface area contributed by atoms with Crippen LogP contribution in [0.3, 0.4) is 0 Å². The van der Waals surface area contributed by atoms with Crippen LogP contribution in [0.2, 0.25) is 10.0 Å². The molecule has 138 valence electrons. The monoisotopic (exact) mass is 461 g/mol. The van der Waals surface area contributed by atoms with E-state index in [1.807, 2.05) is 24.3 Å². The quantitative estimate of drug-likeness (QED) is 0.340. The van der Waals surface area contributed by atoms with Crippen molar-refractivity contribution in [3.63, 3.8) is 0 Å². The van der Waals surface area contributed by atoms with Crippen molar-refractivity contribution in [3.8, 4) is 0 Å². The van der Waals surface area contributed by atoms with Crippen LogP contribution in [0.15, 0.2) is 76.4 Å². The van der Waals surface area contributed by atoms with Crippen molar-refractivity contribution in [2.75, 3.05) is 0 Å². The van der Waals surface area contributed by atoms with Crippen molar-refractivity contribution in [3.05, 3.63) is 108 Å². The van der Waals surface area contributed by atoms with Crippen LogP contribution in [-0.2, 0) is 0 Å². The predicted molar refractivity (Wildman–Crippen MR) is 117 cm³/mol. The van der Waals surface area contributed by atoms with Gasteiger partial charge in [0.1, 0.15) is 6.04 Å². The number of benzene rings is 3. The zero-order valence-corrected chi connectivity index (χ0v) is 17.8. The number of hydrogen-bond donors (Lipinski definition) is 0. The molecule has 5 heteroatoms. The summed E-state index contributed by atoms with van der Waals surface area (Å²) in [6.45, 7) is 2.08. The van der Waals surface area contributed by atoms with Gasteiger partial charge in [-0.05, 0) is 60.4 Å². The molecule has 27 heavy (non-hydrogen) atoms. The standard InChI is InChI=1S/C22H18BrCl2NO/c1-14-4-2-3-5-18(14)19(15-6-8-16(23)9-7-15)13-22(26-27)20-12-17(24)10-11-21(20)25/h2-12,19,22H,13H2,1H3/t19-,22?/m1/s1. The van der Waals surface area contributed by atoms with E-state index in [9.17, 15) is 4.91 Å². The van der Waals surface area contributed by atoms with Gasteiger partial charge in [0.2, 0.25) is 0 Å². The highest BCUT2D eigenvalue weighted by atomic mass is 79.9. The maximum atomic E-state index is 11.7. The Bertz CT molecular complexity index is 943. The van der Waals surface area contributed by atoms with Crippen LogP contribution in [0.5, 0.6) is 0 Å². The van der Waals surface area contributed by atoms with Gasteiger partial charge in [-0.3, -0.25) is 0 Å². The molecule has 3 aromatic rings. The van der Waals surface area contributed by atoms with Crippen molar-refractivity contribution >= 4 is 39.1 Å². The molecule has 0 heterocycles. The normalized spacial score (nSPS) is 13.2. The van der Waals surface area contributed by atoms with Crippen molar-refractivity contribution in [1.29, 1.82) is 0 Å². The highest BCUT2D eigenvalue weighted by Gasteiger charge is 2.25. The first-order valence-corrected chi connectivity index (χ1v) is 10.1. The minimum absolute atomic E-state index is 0.0112. The summed E-state index contributed by atoms with van der Waals surface area (Å²) in [6.07, 6.45) is 0.510. The molecule has 0 N–H and O–H groups in total. The molecule has 0 aliphatic rings. The summed E-state index contributed by atoms with van der Waals surface area (Å²) < 4.78 is 1.01. The lowest BCUT2D eigenvalue weighted by molar-refractivity contribution is 0.593. The molecule has 1 unspecified atom stereocenters. The van der Waals surface area contributed by atoms with E-state index in [4.69, 9.17) is 23.2 Å². The van der Waals surface area contributed by atoms with E-state index in [2.05, 4.69) is 52.3 Å². The Balaban J connectivity index is 2.04. The van der Waals surface area contributed by atoms with Gasteiger partial charge in [-0.1, -0.05) is 80.7 Å². The van der Waals surface area contributed by atoms with E-state index >= 15 is 0 Å². The highest BCUT2D eigenvalue weighted by Crippen LogP contribution is 2.39. The van der Waals surface area contributed by atoms with Crippen LogP contribution in [0.25, 0.3) is 0 Å². The Morgan fingerprint density at radius 2 is 1.67 bits per heavy atom. The zero-order valence-electron chi connectivity index (χ0n) is 14.7. The summed E-state index contributed by atoms with van der Waals surface area (Å²) in [7, 11) is 0. The first kappa shape index (κ1) is 20.1. The minimum atomic E-state index is -0.593. The molecule has 2 atom stereocenters. The van der Waals surface area contributed by atoms with Gasteiger partial charge < -0.3 is 0 Å². The number of rotatable bonds is 6. The Labute approximate surface area is 177 Å². The van der Waals surface area contributed by atoms with Crippen LogP contribution in [0.1, 0.15) is 40.6 Å². The second kappa shape index (κ2) is 9.01. The molecule has 3 rings (SSSR count). The summed E-state index contributed by atoms with van der Waals surface area (Å²) in [5.74, 6) is 0.0112. The number of nitrogens with zero attached hydrogens (tertiary/aromatic N) is 1. The Morgan fingerprint density at radius 1 is 0.963 bits per heavy atom. The van der Waals surface area contributed by atoms with Gasteiger partial charge in [0.15, 0.2) is 0 Å². The molecule has 0 aliphatic heterocycles. The van der Waals surface area contributed by atoms with Crippen molar-refractivity contribution in [2.24, 2.45) is 5.18 Å². The van der Waals surface area contributed by atoms with Crippen LogP contribution in [0, 0.1) is 11.8 Å². The molecule has 0 saturated carbocycles. The Hall–Kier alpha value is -1.68. The van der Waals surface area contributed by atoms with Gasteiger partial charge in [-0.2, -0.15) is 4.91 Å². The Kier molecular flexibility index (Phi) is 6.69. The minimum Gasteiger partial charge on any atom is -0.150 e. The number of hydrogen-bond acceptors (Lipinski definition) is 2. The van der Waals surface area contributed by atoms with Gasteiger partial charge in [-0.15, -0.1) is 0 Å². The molecule has 2 nitrogen and oxygen atoms in total. The second-order valence-electron chi connectivity index (χ2n) is 6.48. The molecule has 0 bridgehead atoms. The molecular weight excluding hydrogens is 445 g/mol. The third-order valence-corrected chi connectivity index (χ3v) is 5.85. The average Bonchev–Trinajstić information content (AvgIpc) is 2.67. The fraction of sp³-hybridized carbons (Fsp3) is 0.182. The number of nitroso groups, excluding NO2 is 1. The lowest BCUT2D eigenvalue weighted by Crippen LogP contribution is -2.09. The molecule has 0 aliphatic carbocycles. The summed E-state index contributed by atoms with van der Waals surface area (Å²) >= 11 is 15.9. The molecule has 0 spiro atoms. The molecule has 0 amide bonds. The highest BCUT2D eigenvalue weighted by molar-refractivity contribution is 9.10. The van der Waals surface area contributed by atoms with Crippen molar-refractivity contribution < 1.29 is 0 Å². The lowest BCUT2D eigenvalue weighted by atomic mass is 9.82. The first-order valence-electron chi connectivity index (χ1n) is 8.58.